The molecule has 2 N–H and O–H groups in total. The van der Waals surface area contributed by atoms with Crippen LogP contribution in [0.25, 0.3) is 0 Å². The quantitative estimate of drug-likeness (QED) is 0.783. The molecule has 1 aliphatic rings. The Morgan fingerprint density at radius 1 is 1.24 bits per heavy atom. The topological polar surface area (TPSA) is 49.6 Å². The third kappa shape index (κ3) is 3.96. The van der Waals surface area contributed by atoms with Crippen LogP contribution in [0.4, 0.5) is 0 Å². The van der Waals surface area contributed by atoms with Crippen LogP contribution in [0, 0.1) is 0 Å². The van der Waals surface area contributed by atoms with Crippen LogP contribution >= 0.6 is 0 Å². The molecule has 0 spiro atoms. The maximum atomic E-state index is 12.0. The van der Waals surface area contributed by atoms with Gasteiger partial charge in [0.2, 0.25) is 5.91 Å². The summed E-state index contributed by atoms with van der Waals surface area (Å²) < 4.78 is 0. The Morgan fingerprint density at radius 3 is 2.35 bits per heavy atom. The maximum Gasteiger partial charge on any atom is 0.236 e. The average Bonchev–Trinajstić information content (AvgIpc) is 2.31. The summed E-state index contributed by atoms with van der Waals surface area (Å²) in [5.41, 5.74) is 6.13. The van der Waals surface area contributed by atoms with Crippen molar-refractivity contribution >= 4 is 5.91 Å². The van der Waals surface area contributed by atoms with E-state index < -0.39 is 0 Å². The summed E-state index contributed by atoms with van der Waals surface area (Å²) in [6, 6.07) is 0.613. The van der Waals surface area contributed by atoms with Gasteiger partial charge in [-0.15, -0.1) is 0 Å². The molecule has 1 amide bonds. The van der Waals surface area contributed by atoms with Crippen LogP contribution in [-0.4, -0.2) is 54.5 Å². The summed E-state index contributed by atoms with van der Waals surface area (Å²) in [5.74, 6) is 0.218. The fourth-order valence-corrected chi connectivity index (χ4v) is 2.69. The molecule has 1 saturated carbocycles. The smallest absolute Gasteiger partial charge is 0.236 e. The Hall–Kier alpha value is -0.610. The van der Waals surface area contributed by atoms with Gasteiger partial charge in [0, 0.05) is 25.2 Å². The molecule has 2 unspecified atom stereocenters. The maximum absolute atomic E-state index is 12.0. The second kappa shape index (κ2) is 6.97. The highest BCUT2D eigenvalue weighted by atomic mass is 16.2. The van der Waals surface area contributed by atoms with Crippen molar-refractivity contribution in [1.82, 2.24) is 9.80 Å². The monoisotopic (exact) mass is 241 g/mol. The molecule has 0 bridgehead atoms. The Morgan fingerprint density at radius 2 is 1.82 bits per heavy atom. The Bertz CT molecular complexity index is 241. The third-order valence-corrected chi connectivity index (χ3v) is 3.85. The second-order valence-electron chi connectivity index (χ2n) is 5.00. The SMILES string of the molecule is CCN(CC)C(=O)CN(C)C1CCCCC1N. The van der Waals surface area contributed by atoms with Crippen molar-refractivity contribution in [2.24, 2.45) is 5.73 Å². The van der Waals surface area contributed by atoms with Crippen molar-refractivity contribution in [1.29, 1.82) is 0 Å². The van der Waals surface area contributed by atoms with Gasteiger partial charge in [-0.1, -0.05) is 12.8 Å². The van der Waals surface area contributed by atoms with Crippen LogP contribution in [0.1, 0.15) is 39.5 Å². The summed E-state index contributed by atoms with van der Waals surface area (Å²) in [6.07, 6.45) is 4.69. The minimum absolute atomic E-state index is 0.218. The fourth-order valence-electron chi connectivity index (χ4n) is 2.69. The van der Waals surface area contributed by atoms with Gasteiger partial charge in [-0.3, -0.25) is 9.69 Å². The first-order valence-electron chi connectivity index (χ1n) is 6.83. The van der Waals surface area contributed by atoms with Crippen LogP contribution in [-0.2, 0) is 4.79 Å². The molecule has 2 atom stereocenters. The predicted molar refractivity (Wildman–Crippen MR) is 70.8 cm³/mol. The van der Waals surface area contributed by atoms with Gasteiger partial charge in [0.25, 0.3) is 0 Å². The highest BCUT2D eigenvalue weighted by Gasteiger charge is 2.27. The van der Waals surface area contributed by atoms with Crippen LogP contribution in [0.15, 0.2) is 0 Å². The number of nitrogens with zero attached hydrogens (tertiary/aromatic N) is 2. The van der Waals surface area contributed by atoms with E-state index in [-0.39, 0.29) is 11.9 Å². The lowest BCUT2D eigenvalue weighted by Gasteiger charge is -2.36. The van der Waals surface area contributed by atoms with Crippen LogP contribution in [0.3, 0.4) is 0 Å². The number of hydrogen-bond acceptors (Lipinski definition) is 3. The van der Waals surface area contributed by atoms with Crippen molar-refractivity contribution in [3.05, 3.63) is 0 Å². The van der Waals surface area contributed by atoms with E-state index in [2.05, 4.69) is 4.90 Å². The Labute approximate surface area is 105 Å². The minimum atomic E-state index is 0.218. The van der Waals surface area contributed by atoms with Crippen molar-refractivity contribution in [3.8, 4) is 0 Å². The van der Waals surface area contributed by atoms with E-state index in [0.29, 0.717) is 12.6 Å². The highest BCUT2D eigenvalue weighted by molar-refractivity contribution is 5.78. The number of likely N-dealkylation sites (N-methyl/N-ethyl adjacent to an activating group) is 2. The van der Waals surface area contributed by atoms with Crippen LogP contribution in [0.5, 0.6) is 0 Å². The van der Waals surface area contributed by atoms with Gasteiger partial charge in [-0.05, 0) is 33.7 Å². The van der Waals surface area contributed by atoms with Gasteiger partial charge in [-0.2, -0.15) is 0 Å². The number of hydrogen-bond donors (Lipinski definition) is 1. The van der Waals surface area contributed by atoms with Crippen molar-refractivity contribution in [3.63, 3.8) is 0 Å². The standard InChI is InChI=1S/C13H27N3O/c1-4-16(5-2)13(17)10-15(3)12-9-7-6-8-11(12)14/h11-12H,4-10,14H2,1-3H3. The molecule has 0 aromatic carbocycles. The van der Waals surface area contributed by atoms with Crippen molar-refractivity contribution < 1.29 is 4.79 Å². The van der Waals surface area contributed by atoms with E-state index >= 15 is 0 Å². The molecule has 4 nitrogen and oxygen atoms in total. The fraction of sp³-hybridized carbons (Fsp3) is 0.923. The van der Waals surface area contributed by atoms with Gasteiger partial charge < -0.3 is 10.6 Å². The lowest BCUT2D eigenvalue weighted by Crippen LogP contribution is -2.51. The molecule has 100 valence electrons. The molecule has 0 aliphatic heterocycles. The van der Waals surface area contributed by atoms with E-state index in [9.17, 15) is 4.79 Å². The van der Waals surface area contributed by atoms with Gasteiger partial charge in [0.1, 0.15) is 0 Å². The van der Waals surface area contributed by atoms with E-state index in [1.165, 1.54) is 12.8 Å². The molecule has 17 heavy (non-hydrogen) atoms. The number of nitrogens with two attached hydrogens (primary N) is 1. The van der Waals surface area contributed by atoms with E-state index in [1.807, 2.05) is 25.8 Å². The van der Waals surface area contributed by atoms with Crippen LogP contribution in [0.2, 0.25) is 0 Å². The first-order chi connectivity index (χ1) is 8.10. The summed E-state index contributed by atoms with van der Waals surface area (Å²) in [4.78, 5) is 16.0. The van der Waals surface area contributed by atoms with Crippen molar-refractivity contribution in [2.75, 3.05) is 26.7 Å². The molecular weight excluding hydrogens is 214 g/mol. The lowest BCUT2D eigenvalue weighted by atomic mass is 9.90. The van der Waals surface area contributed by atoms with Gasteiger partial charge in [0.05, 0.1) is 6.54 Å². The molecule has 0 aromatic heterocycles. The first kappa shape index (κ1) is 14.5. The largest absolute Gasteiger partial charge is 0.342 e. The molecule has 4 heteroatoms. The Balaban J connectivity index is 2.47. The van der Waals surface area contributed by atoms with E-state index in [4.69, 9.17) is 5.73 Å². The number of rotatable bonds is 5. The zero-order chi connectivity index (χ0) is 12.8. The highest BCUT2D eigenvalue weighted by Crippen LogP contribution is 2.20. The molecule has 1 aliphatic carbocycles. The molecule has 1 fully saturated rings. The Kier molecular flexibility index (Phi) is 5.92. The van der Waals surface area contributed by atoms with Gasteiger partial charge in [-0.25, -0.2) is 0 Å². The summed E-state index contributed by atoms with van der Waals surface area (Å²) >= 11 is 0. The summed E-state index contributed by atoms with van der Waals surface area (Å²) in [6.45, 7) is 6.13. The number of amides is 1. The van der Waals surface area contributed by atoms with Crippen molar-refractivity contribution in [2.45, 2.75) is 51.6 Å². The molecule has 0 radical (unpaired) electrons. The van der Waals surface area contributed by atoms with Crippen LogP contribution < -0.4 is 5.73 Å². The van der Waals surface area contributed by atoms with E-state index in [1.54, 1.807) is 0 Å². The number of carbonyl (C=O) groups is 1. The predicted octanol–water partition coefficient (Wildman–Crippen LogP) is 1.06. The molecule has 0 aromatic rings. The summed E-state index contributed by atoms with van der Waals surface area (Å²) in [7, 11) is 2.03. The lowest BCUT2D eigenvalue weighted by molar-refractivity contribution is -0.132. The summed E-state index contributed by atoms with van der Waals surface area (Å²) in [5, 5.41) is 0. The van der Waals surface area contributed by atoms with Gasteiger partial charge >= 0.3 is 0 Å². The van der Waals surface area contributed by atoms with Gasteiger partial charge in [0.15, 0.2) is 0 Å². The molecule has 1 rings (SSSR count). The minimum Gasteiger partial charge on any atom is -0.342 e. The molecule has 0 saturated heterocycles. The third-order valence-electron chi connectivity index (χ3n) is 3.85. The first-order valence-corrected chi connectivity index (χ1v) is 6.83. The zero-order valence-electron chi connectivity index (χ0n) is 11.5. The second-order valence-corrected chi connectivity index (χ2v) is 5.00. The normalized spacial score (nSPS) is 25.0. The van der Waals surface area contributed by atoms with E-state index in [0.717, 1.165) is 25.9 Å². The number of carbonyl (C=O) groups excluding carboxylic acids is 1. The molecule has 0 heterocycles. The average molecular weight is 241 g/mol. The molecular formula is C13H27N3O. The zero-order valence-corrected chi connectivity index (χ0v) is 11.5.